The molecule has 1 N–H and O–H groups in total. The zero-order valence-corrected chi connectivity index (χ0v) is 12.4. The molecule has 116 valence electrons. The molecule has 0 spiro atoms. The van der Waals surface area contributed by atoms with Gasteiger partial charge in [-0.2, -0.15) is 0 Å². The van der Waals surface area contributed by atoms with Gasteiger partial charge in [-0.1, -0.05) is 12.1 Å². The van der Waals surface area contributed by atoms with Crippen LogP contribution in [0, 0.1) is 0 Å². The molecular formula is C17H14N2O4. The second-order valence-corrected chi connectivity index (χ2v) is 4.82. The number of aromatic amines is 1. The highest BCUT2D eigenvalue weighted by Crippen LogP contribution is 2.20. The van der Waals surface area contributed by atoms with Gasteiger partial charge in [-0.25, -0.2) is 9.78 Å². The number of esters is 1. The van der Waals surface area contributed by atoms with Crippen molar-refractivity contribution in [3.05, 3.63) is 58.9 Å². The maximum absolute atomic E-state index is 12.1. The lowest BCUT2D eigenvalue weighted by Gasteiger charge is -2.06. The van der Waals surface area contributed by atoms with Crippen molar-refractivity contribution in [2.75, 3.05) is 13.7 Å². The van der Waals surface area contributed by atoms with Crippen LogP contribution in [0.15, 0.2) is 53.3 Å². The lowest BCUT2D eigenvalue weighted by Crippen LogP contribution is -2.12. The maximum atomic E-state index is 12.1. The molecule has 0 aliphatic rings. The maximum Gasteiger partial charge on any atom is 0.343 e. The zero-order valence-electron chi connectivity index (χ0n) is 12.4. The first-order valence-electron chi connectivity index (χ1n) is 6.96. The molecule has 2 aromatic carbocycles. The van der Waals surface area contributed by atoms with Crippen LogP contribution < -0.4 is 10.3 Å². The Hall–Kier alpha value is -3.15. The fourth-order valence-electron chi connectivity index (χ4n) is 2.13. The third-order valence-corrected chi connectivity index (χ3v) is 3.32. The lowest BCUT2D eigenvalue weighted by molar-refractivity contribution is -0.142. The van der Waals surface area contributed by atoms with Crippen LogP contribution in [0.1, 0.15) is 0 Å². The van der Waals surface area contributed by atoms with Gasteiger partial charge in [-0.05, 0) is 36.4 Å². The fraction of sp³-hybridized carbons (Fsp3) is 0.118. The van der Waals surface area contributed by atoms with Gasteiger partial charge in [-0.15, -0.1) is 0 Å². The average Bonchev–Trinajstić information content (AvgIpc) is 2.60. The van der Waals surface area contributed by atoms with Crippen molar-refractivity contribution in [2.45, 2.75) is 0 Å². The van der Waals surface area contributed by atoms with Crippen LogP contribution in [0.25, 0.3) is 22.3 Å². The second kappa shape index (κ2) is 6.31. The molecule has 0 saturated heterocycles. The average molecular weight is 310 g/mol. The van der Waals surface area contributed by atoms with Crippen molar-refractivity contribution in [2.24, 2.45) is 0 Å². The highest BCUT2D eigenvalue weighted by Gasteiger charge is 2.06. The minimum Gasteiger partial charge on any atom is -0.482 e. The van der Waals surface area contributed by atoms with E-state index < -0.39 is 5.97 Å². The first-order valence-corrected chi connectivity index (χ1v) is 6.96. The number of carbonyl (C=O) groups is 1. The monoisotopic (exact) mass is 310 g/mol. The van der Waals surface area contributed by atoms with Crippen molar-refractivity contribution in [3.8, 4) is 17.1 Å². The predicted octanol–water partition coefficient (Wildman–Crippen LogP) is 2.14. The van der Waals surface area contributed by atoms with E-state index in [1.807, 2.05) is 6.07 Å². The zero-order chi connectivity index (χ0) is 16.2. The normalized spacial score (nSPS) is 10.5. The summed E-state index contributed by atoms with van der Waals surface area (Å²) in [6.07, 6.45) is 0. The van der Waals surface area contributed by atoms with Gasteiger partial charge < -0.3 is 14.5 Å². The van der Waals surface area contributed by atoms with E-state index in [1.54, 1.807) is 42.5 Å². The Labute approximate surface area is 131 Å². The first kappa shape index (κ1) is 14.8. The summed E-state index contributed by atoms with van der Waals surface area (Å²) >= 11 is 0. The van der Waals surface area contributed by atoms with Crippen LogP contribution in [0.4, 0.5) is 0 Å². The van der Waals surface area contributed by atoms with Crippen LogP contribution >= 0.6 is 0 Å². The molecule has 0 bridgehead atoms. The second-order valence-electron chi connectivity index (χ2n) is 4.82. The number of rotatable bonds is 4. The molecule has 0 atom stereocenters. The van der Waals surface area contributed by atoms with E-state index in [0.717, 1.165) is 5.56 Å². The molecule has 0 saturated carbocycles. The SMILES string of the molecule is COC(=O)COc1ccc(-c2nc3ccccc3c(=O)[nH]2)cc1. The Kier molecular flexibility index (Phi) is 4.05. The smallest absolute Gasteiger partial charge is 0.343 e. The topological polar surface area (TPSA) is 81.3 Å². The Morgan fingerprint density at radius 3 is 2.61 bits per heavy atom. The summed E-state index contributed by atoms with van der Waals surface area (Å²) in [6, 6.07) is 14.1. The molecule has 0 aliphatic heterocycles. The van der Waals surface area contributed by atoms with E-state index in [0.29, 0.717) is 22.5 Å². The van der Waals surface area contributed by atoms with Gasteiger partial charge in [0, 0.05) is 5.56 Å². The van der Waals surface area contributed by atoms with Gasteiger partial charge in [0.1, 0.15) is 11.6 Å². The number of fused-ring (bicyclic) bond motifs is 1. The number of ether oxygens (including phenoxy) is 2. The minimum atomic E-state index is -0.449. The van der Waals surface area contributed by atoms with Crippen molar-refractivity contribution < 1.29 is 14.3 Å². The highest BCUT2D eigenvalue weighted by molar-refractivity contribution is 5.79. The third kappa shape index (κ3) is 3.21. The Morgan fingerprint density at radius 1 is 1.13 bits per heavy atom. The van der Waals surface area contributed by atoms with E-state index in [1.165, 1.54) is 7.11 Å². The minimum absolute atomic E-state index is 0.152. The van der Waals surface area contributed by atoms with Gasteiger partial charge in [0.05, 0.1) is 18.0 Å². The standard InChI is InChI=1S/C17H14N2O4/c1-22-15(20)10-23-12-8-6-11(7-9-12)16-18-14-5-3-2-4-13(14)17(21)19-16/h2-9H,10H2,1H3,(H,18,19,21). The summed E-state index contributed by atoms with van der Waals surface area (Å²) in [5.74, 6) is 0.560. The van der Waals surface area contributed by atoms with Gasteiger partial charge in [-0.3, -0.25) is 4.79 Å². The van der Waals surface area contributed by atoms with E-state index in [4.69, 9.17) is 4.74 Å². The Morgan fingerprint density at radius 2 is 1.87 bits per heavy atom. The summed E-state index contributed by atoms with van der Waals surface area (Å²) in [5.41, 5.74) is 1.20. The molecule has 0 radical (unpaired) electrons. The Bertz CT molecular complexity index is 900. The van der Waals surface area contributed by atoms with E-state index in [-0.39, 0.29) is 12.2 Å². The van der Waals surface area contributed by atoms with Crippen LogP contribution in [-0.4, -0.2) is 29.7 Å². The van der Waals surface area contributed by atoms with E-state index in [9.17, 15) is 9.59 Å². The lowest BCUT2D eigenvalue weighted by atomic mass is 10.2. The number of benzene rings is 2. The van der Waals surface area contributed by atoms with Crippen LogP contribution in [0.5, 0.6) is 5.75 Å². The molecule has 6 nitrogen and oxygen atoms in total. The molecule has 0 amide bonds. The number of H-pyrrole nitrogens is 1. The predicted molar refractivity (Wildman–Crippen MR) is 85.3 cm³/mol. The number of hydrogen-bond donors (Lipinski definition) is 1. The summed E-state index contributed by atoms with van der Waals surface area (Å²) in [7, 11) is 1.30. The molecule has 0 unspecified atom stereocenters. The summed E-state index contributed by atoms with van der Waals surface area (Å²) in [5, 5.41) is 0.550. The number of methoxy groups -OCH3 is 1. The number of carbonyl (C=O) groups excluding carboxylic acids is 1. The number of aromatic nitrogens is 2. The van der Waals surface area contributed by atoms with E-state index >= 15 is 0 Å². The van der Waals surface area contributed by atoms with Gasteiger partial charge in [0.2, 0.25) is 0 Å². The summed E-state index contributed by atoms with van der Waals surface area (Å²) < 4.78 is 9.78. The largest absolute Gasteiger partial charge is 0.482 e. The van der Waals surface area contributed by atoms with Crippen LogP contribution in [-0.2, 0) is 9.53 Å². The van der Waals surface area contributed by atoms with Crippen LogP contribution in [0.3, 0.4) is 0 Å². The summed E-state index contributed by atoms with van der Waals surface area (Å²) in [4.78, 5) is 30.3. The van der Waals surface area contributed by atoms with Crippen molar-refractivity contribution in [3.63, 3.8) is 0 Å². The van der Waals surface area contributed by atoms with Gasteiger partial charge in [0.25, 0.3) is 5.56 Å². The van der Waals surface area contributed by atoms with Crippen LogP contribution in [0.2, 0.25) is 0 Å². The van der Waals surface area contributed by atoms with Crippen molar-refractivity contribution >= 4 is 16.9 Å². The molecule has 6 heteroatoms. The number of nitrogens with zero attached hydrogens (tertiary/aromatic N) is 1. The van der Waals surface area contributed by atoms with Gasteiger partial charge in [0.15, 0.2) is 6.61 Å². The molecule has 0 fully saturated rings. The molecule has 1 aromatic heterocycles. The molecule has 3 rings (SSSR count). The number of nitrogens with one attached hydrogen (secondary N) is 1. The number of hydrogen-bond acceptors (Lipinski definition) is 5. The van der Waals surface area contributed by atoms with Crippen molar-refractivity contribution in [1.82, 2.24) is 9.97 Å². The third-order valence-electron chi connectivity index (χ3n) is 3.32. The van der Waals surface area contributed by atoms with Gasteiger partial charge >= 0.3 is 5.97 Å². The quantitative estimate of drug-likeness (QED) is 0.747. The molecule has 0 aliphatic carbocycles. The fourth-order valence-corrected chi connectivity index (χ4v) is 2.13. The molecule has 1 heterocycles. The van der Waals surface area contributed by atoms with Crippen molar-refractivity contribution in [1.29, 1.82) is 0 Å². The Balaban J connectivity index is 1.87. The summed E-state index contributed by atoms with van der Waals surface area (Å²) in [6.45, 7) is -0.152. The molecule has 3 aromatic rings. The highest BCUT2D eigenvalue weighted by atomic mass is 16.6. The number of para-hydroxylation sites is 1. The first-order chi connectivity index (χ1) is 11.2. The molecule has 23 heavy (non-hydrogen) atoms. The van der Waals surface area contributed by atoms with E-state index in [2.05, 4.69) is 14.7 Å². The molecular weight excluding hydrogens is 296 g/mol.